The summed E-state index contributed by atoms with van der Waals surface area (Å²) in [4.78, 5) is 12.4. The lowest BCUT2D eigenvalue weighted by molar-refractivity contribution is 0.0849. The topological polar surface area (TPSA) is 85.8 Å². The molecule has 2 heterocycles. The van der Waals surface area contributed by atoms with E-state index in [1.54, 1.807) is 12.3 Å². The number of rotatable bonds is 5. The Morgan fingerprint density at radius 3 is 2.85 bits per heavy atom. The van der Waals surface area contributed by atoms with Crippen molar-refractivity contribution in [1.29, 1.82) is 0 Å². The lowest BCUT2D eigenvalue weighted by atomic mass is 9.86. The molecule has 0 spiro atoms. The summed E-state index contributed by atoms with van der Waals surface area (Å²) < 4.78 is 7.04. The number of benzene rings is 1. The van der Waals surface area contributed by atoms with E-state index in [0.717, 1.165) is 24.1 Å². The van der Waals surface area contributed by atoms with Crippen molar-refractivity contribution >= 4 is 17.5 Å². The third kappa shape index (κ3) is 3.22. The zero-order chi connectivity index (χ0) is 18.1. The highest BCUT2D eigenvalue weighted by Crippen LogP contribution is 2.34. The molecule has 1 aliphatic rings. The standard InChI is InChI=1S/C18H18ClN5O2/c1-11(19)16-10-20-23-24(16)14-7-13(8-14)21-18(25)17-9-15(22-26-17)12-5-3-2-4-6-12/h2-6,9-11,13-14H,7-8H2,1H3,(H,21,25)/t11-,13-,14-/m1/s1. The van der Waals surface area contributed by atoms with Gasteiger partial charge in [0.2, 0.25) is 5.76 Å². The van der Waals surface area contributed by atoms with E-state index < -0.39 is 0 Å². The monoisotopic (exact) mass is 371 g/mol. The second-order valence-electron chi connectivity index (χ2n) is 6.46. The molecule has 4 rings (SSSR count). The lowest BCUT2D eigenvalue weighted by Gasteiger charge is -2.36. The van der Waals surface area contributed by atoms with Crippen molar-refractivity contribution in [1.82, 2.24) is 25.5 Å². The van der Waals surface area contributed by atoms with Gasteiger partial charge in [-0.1, -0.05) is 40.7 Å². The van der Waals surface area contributed by atoms with Gasteiger partial charge in [-0.25, -0.2) is 4.68 Å². The summed E-state index contributed by atoms with van der Waals surface area (Å²) in [5, 5.41) is 14.8. The number of amides is 1. The SMILES string of the molecule is C[C@@H](Cl)c1cnnn1[C@H]1C[C@H](NC(=O)c2cc(-c3ccccc3)no2)C1. The number of halogens is 1. The van der Waals surface area contributed by atoms with E-state index in [2.05, 4.69) is 20.8 Å². The maximum absolute atomic E-state index is 12.4. The van der Waals surface area contributed by atoms with Crippen LogP contribution in [0.25, 0.3) is 11.3 Å². The Kier molecular flexibility index (Phi) is 4.46. The first-order valence-electron chi connectivity index (χ1n) is 8.49. The molecule has 0 saturated heterocycles. The van der Waals surface area contributed by atoms with Crippen molar-refractivity contribution in [2.75, 3.05) is 0 Å². The van der Waals surface area contributed by atoms with Crippen molar-refractivity contribution in [2.45, 2.75) is 37.2 Å². The maximum Gasteiger partial charge on any atom is 0.290 e. The molecule has 0 bridgehead atoms. The van der Waals surface area contributed by atoms with Crippen molar-refractivity contribution in [2.24, 2.45) is 0 Å². The molecule has 1 N–H and O–H groups in total. The number of nitrogens with one attached hydrogen (secondary N) is 1. The molecule has 26 heavy (non-hydrogen) atoms. The molecular formula is C18H18ClN5O2. The van der Waals surface area contributed by atoms with Crippen molar-refractivity contribution in [3.63, 3.8) is 0 Å². The first kappa shape index (κ1) is 16.8. The van der Waals surface area contributed by atoms with E-state index in [1.165, 1.54) is 0 Å². The molecular weight excluding hydrogens is 354 g/mol. The van der Waals surface area contributed by atoms with E-state index in [1.807, 2.05) is 41.9 Å². The number of nitrogens with zero attached hydrogens (tertiary/aromatic N) is 4. The molecule has 1 amide bonds. The summed E-state index contributed by atoms with van der Waals surface area (Å²) in [6, 6.07) is 11.5. The summed E-state index contributed by atoms with van der Waals surface area (Å²) in [7, 11) is 0. The largest absolute Gasteiger partial charge is 0.350 e. The minimum atomic E-state index is -0.257. The van der Waals surface area contributed by atoms with Crippen LogP contribution >= 0.6 is 11.6 Å². The van der Waals surface area contributed by atoms with Crippen LogP contribution in [-0.2, 0) is 0 Å². The second-order valence-corrected chi connectivity index (χ2v) is 7.11. The van der Waals surface area contributed by atoms with Crippen molar-refractivity contribution < 1.29 is 9.32 Å². The first-order chi connectivity index (χ1) is 12.6. The molecule has 1 fully saturated rings. The molecule has 0 aliphatic heterocycles. The minimum absolute atomic E-state index is 0.0699. The molecule has 1 saturated carbocycles. The van der Waals surface area contributed by atoms with Gasteiger partial charge in [-0.2, -0.15) is 0 Å². The number of aromatic nitrogens is 4. The van der Waals surface area contributed by atoms with E-state index >= 15 is 0 Å². The molecule has 0 unspecified atom stereocenters. The molecule has 134 valence electrons. The summed E-state index contributed by atoms with van der Waals surface area (Å²) in [6.45, 7) is 1.89. The Morgan fingerprint density at radius 1 is 1.35 bits per heavy atom. The zero-order valence-electron chi connectivity index (χ0n) is 14.2. The highest BCUT2D eigenvalue weighted by atomic mass is 35.5. The van der Waals surface area contributed by atoms with E-state index in [9.17, 15) is 4.79 Å². The van der Waals surface area contributed by atoms with Gasteiger partial charge in [-0.05, 0) is 19.8 Å². The third-order valence-corrected chi connectivity index (χ3v) is 4.83. The van der Waals surface area contributed by atoms with Gasteiger partial charge < -0.3 is 9.84 Å². The van der Waals surface area contributed by atoms with Crippen LogP contribution < -0.4 is 5.32 Å². The smallest absolute Gasteiger partial charge is 0.290 e. The number of carbonyl (C=O) groups is 1. The van der Waals surface area contributed by atoms with E-state index in [0.29, 0.717) is 5.69 Å². The van der Waals surface area contributed by atoms with Crippen molar-refractivity contribution in [3.8, 4) is 11.3 Å². The quantitative estimate of drug-likeness (QED) is 0.695. The summed E-state index contributed by atoms with van der Waals surface area (Å²) in [5.74, 6) is -0.0456. The van der Waals surface area contributed by atoms with Gasteiger partial charge >= 0.3 is 0 Å². The van der Waals surface area contributed by atoms with Crippen LogP contribution in [-0.4, -0.2) is 32.1 Å². The van der Waals surface area contributed by atoms with Gasteiger partial charge in [-0.15, -0.1) is 16.7 Å². The van der Waals surface area contributed by atoms with E-state index in [-0.39, 0.29) is 29.1 Å². The molecule has 1 atom stereocenters. The summed E-state index contributed by atoms with van der Waals surface area (Å²) >= 11 is 6.14. The van der Waals surface area contributed by atoms with Crippen LogP contribution in [0.5, 0.6) is 0 Å². The lowest BCUT2D eigenvalue weighted by Crippen LogP contribution is -2.45. The Labute approximate surface area is 155 Å². The van der Waals surface area contributed by atoms with Gasteiger partial charge in [0.1, 0.15) is 5.69 Å². The number of hydrogen-bond acceptors (Lipinski definition) is 5. The average molecular weight is 372 g/mol. The Morgan fingerprint density at radius 2 is 2.12 bits per heavy atom. The number of hydrogen-bond donors (Lipinski definition) is 1. The average Bonchev–Trinajstić information content (AvgIpc) is 3.27. The number of alkyl halides is 1. The predicted octanol–water partition coefficient (Wildman–Crippen LogP) is 3.37. The fourth-order valence-electron chi connectivity index (χ4n) is 3.11. The highest BCUT2D eigenvalue weighted by molar-refractivity contribution is 6.20. The molecule has 3 aromatic rings. The van der Waals surface area contributed by atoms with Gasteiger partial charge in [0.25, 0.3) is 5.91 Å². The molecule has 7 nitrogen and oxygen atoms in total. The molecule has 0 radical (unpaired) electrons. The molecule has 8 heteroatoms. The summed E-state index contributed by atoms with van der Waals surface area (Å²) in [6.07, 6.45) is 3.25. The van der Waals surface area contributed by atoms with Crippen LogP contribution in [0.15, 0.2) is 47.1 Å². The highest BCUT2D eigenvalue weighted by Gasteiger charge is 2.34. The summed E-state index contributed by atoms with van der Waals surface area (Å²) in [5.41, 5.74) is 2.45. The van der Waals surface area contributed by atoms with Gasteiger partial charge in [0, 0.05) is 17.7 Å². The normalized spacial score (nSPS) is 20.4. The first-order valence-corrected chi connectivity index (χ1v) is 8.92. The second kappa shape index (κ2) is 6.92. The number of carbonyl (C=O) groups excluding carboxylic acids is 1. The van der Waals surface area contributed by atoms with E-state index in [4.69, 9.17) is 16.1 Å². The predicted molar refractivity (Wildman–Crippen MR) is 95.8 cm³/mol. The van der Waals surface area contributed by atoms with Crippen LogP contribution in [0.3, 0.4) is 0 Å². The molecule has 2 aromatic heterocycles. The van der Waals surface area contributed by atoms with Crippen LogP contribution in [0.2, 0.25) is 0 Å². The fourth-order valence-corrected chi connectivity index (χ4v) is 3.27. The minimum Gasteiger partial charge on any atom is -0.350 e. The Hall–Kier alpha value is -2.67. The molecule has 1 aromatic carbocycles. The van der Waals surface area contributed by atoms with Crippen LogP contribution in [0.4, 0.5) is 0 Å². The Balaban J connectivity index is 1.36. The van der Waals surface area contributed by atoms with Gasteiger partial charge in [-0.3, -0.25) is 4.79 Å². The van der Waals surface area contributed by atoms with Gasteiger partial charge in [0.05, 0.1) is 23.3 Å². The van der Waals surface area contributed by atoms with Crippen LogP contribution in [0.1, 0.15) is 47.4 Å². The maximum atomic E-state index is 12.4. The van der Waals surface area contributed by atoms with Crippen LogP contribution in [0, 0.1) is 0 Å². The van der Waals surface area contributed by atoms with Gasteiger partial charge in [0.15, 0.2) is 0 Å². The third-order valence-electron chi connectivity index (χ3n) is 4.61. The van der Waals surface area contributed by atoms with Crippen molar-refractivity contribution in [3.05, 3.63) is 54.0 Å². The molecule has 1 aliphatic carbocycles. The Bertz CT molecular complexity index is 899. The zero-order valence-corrected chi connectivity index (χ0v) is 14.9. The fraction of sp³-hybridized carbons (Fsp3) is 0.333.